The maximum Gasteiger partial charge on any atom is 0.271 e. The molecule has 0 aliphatic carbocycles. The van der Waals surface area contributed by atoms with Gasteiger partial charge < -0.3 is 11.1 Å². The van der Waals surface area contributed by atoms with E-state index < -0.39 is 10.0 Å². The van der Waals surface area contributed by atoms with Crippen LogP contribution < -0.4 is 15.8 Å². The van der Waals surface area contributed by atoms with Gasteiger partial charge in [0.25, 0.3) is 10.0 Å². The molecule has 21 heavy (non-hydrogen) atoms. The summed E-state index contributed by atoms with van der Waals surface area (Å²) in [5.74, 6) is -0.184. The number of rotatable bonds is 5. The highest BCUT2D eigenvalue weighted by Crippen LogP contribution is 2.24. The van der Waals surface area contributed by atoms with E-state index in [4.69, 9.17) is 5.73 Å². The van der Waals surface area contributed by atoms with E-state index in [-0.39, 0.29) is 10.1 Å². The highest BCUT2D eigenvalue weighted by atomic mass is 32.2. The van der Waals surface area contributed by atoms with Crippen LogP contribution in [0.25, 0.3) is 0 Å². The number of carbonyl (C=O) groups excluding carboxylic acids is 1. The first-order chi connectivity index (χ1) is 9.90. The molecule has 2 rings (SSSR count). The van der Waals surface area contributed by atoms with Gasteiger partial charge in [0.15, 0.2) is 0 Å². The van der Waals surface area contributed by atoms with Crippen molar-refractivity contribution < 1.29 is 13.2 Å². The second-order valence-electron chi connectivity index (χ2n) is 4.29. The van der Waals surface area contributed by atoms with Crippen molar-refractivity contribution in [2.24, 2.45) is 5.73 Å². The van der Waals surface area contributed by atoms with Crippen molar-refractivity contribution in [3.05, 3.63) is 41.3 Å². The summed E-state index contributed by atoms with van der Waals surface area (Å²) < 4.78 is 27.1. The second-order valence-corrected chi connectivity index (χ2v) is 7.37. The summed E-state index contributed by atoms with van der Waals surface area (Å²) in [5, 5.41) is 2.61. The van der Waals surface area contributed by atoms with E-state index in [1.54, 1.807) is 30.3 Å². The number of carbonyl (C=O) groups is 1. The molecule has 0 aliphatic rings. The normalized spacial score (nSPS) is 11.1. The minimum absolute atomic E-state index is 0.184. The lowest BCUT2D eigenvalue weighted by Crippen LogP contribution is -2.11. The summed E-state index contributed by atoms with van der Waals surface area (Å²) >= 11 is 1.14. The van der Waals surface area contributed by atoms with Gasteiger partial charge in [0.1, 0.15) is 4.21 Å². The van der Waals surface area contributed by atoms with Gasteiger partial charge in [-0.1, -0.05) is 0 Å². The smallest absolute Gasteiger partial charge is 0.271 e. The molecule has 1 aromatic carbocycles. The minimum Gasteiger partial charge on any atom is -0.326 e. The van der Waals surface area contributed by atoms with Crippen LogP contribution in [0.15, 0.2) is 40.6 Å². The number of thiophene rings is 1. The number of hydrogen-bond donors (Lipinski definition) is 3. The van der Waals surface area contributed by atoms with Gasteiger partial charge in [-0.05, 0) is 36.4 Å². The van der Waals surface area contributed by atoms with Crippen molar-refractivity contribution in [2.45, 2.75) is 17.7 Å². The topological polar surface area (TPSA) is 101 Å². The molecule has 0 fully saturated rings. The van der Waals surface area contributed by atoms with Crippen LogP contribution in [0.2, 0.25) is 0 Å². The van der Waals surface area contributed by atoms with Gasteiger partial charge in [-0.3, -0.25) is 9.52 Å². The number of nitrogens with one attached hydrogen (secondary N) is 2. The zero-order chi connectivity index (χ0) is 15.5. The quantitative estimate of drug-likeness (QED) is 0.782. The van der Waals surface area contributed by atoms with Crippen molar-refractivity contribution in [1.82, 2.24) is 0 Å². The molecule has 112 valence electrons. The first-order valence-electron chi connectivity index (χ1n) is 6.10. The van der Waals surface area contributed by atoms with E-state index in [2.05, 4.69) is 10.0 Å². The molecule has 0 bridgehead atoms. The zero-order valence-corrected chi connectivity index (χ0v) is 12.9. The number of anilines is 2. The van der Waals surface area contributed by atoms with Crippen LogP contribution in [0.5, 0.6) is 0 Å². The molecule has 0 atom stereocenters. The standard InChI is InChI=1S/C13H15N3O3S2/c1-9(17)15-10-2-4-11(5-3-10)16-21(18,19)13-7-6-12(8-14)20-13/h2-7,16H,8,14H2,1H3,(H,15,17). The molecule has 0 unspecified atom stereocenters. The molecule has 0 saturated carbocycles. The average molecular weight is 325 g/mol. The molecule has 1 aromatic heterocycles. The van der Waals surface area contributed by atoms with Gasteiger partial charge in [0, 0.05) is 29.7 Å². The fourth-order valence-corrected chi connectivity index (χ4v) is 3.94. The second kappa shape index (κ2) is 6.25. The molecule has 6 nitrogen and oxygen atoms in total. The average Bonchev–Trinajstić information content (AvgIpc) is 2.90. The molecule has 0 saturated heterocycles. The highest BCUT2D eigenvalue weighted by Gasteiger charge is 2.16. The van der Waals surface area contributed by atoms with Gasteiger partial charge >= 0.3 is 0 Å². The first-order valence-corrected chi connectivity index (χ1v) is 8.40. The van der Waals surface area contributed by atoms with Gasteiger partial charge in [-0.2, -0.15) is 0 Å². The Morgan fingerprint density at radius 2 is 1.76 bits per heavy atom. The Bertz CT molecular complexity index is 736. The number of amides is 1. The Kier molecular flexibility index (Phi) is 4.61. The molecular formula is C13H15N3O3S2. The lowest BCUT2D eigenvalue weighted by Gasteiger charge is -2.07. The highest BCUT2D eigenvalue weighted by molar-refractivity contribution is 7.94. The Morgan fingerprint density at radius 1 is 1.14 bits per heavy atom. The van der Waals surface area contributed by atoms with E-state index in [0.29, 0.717) is 17.9 Å². The molecule has 0 aliphatic heterocycles. The van der Waals surface area contributed by atoms with Gasteiger partial charge in [0.2, 0.25) is 5.91 Å². The summed E-state index contributed by atoms with van der Waals surface area (Å²) in [5.41, 5.74) is 6.50. The van der Waals surface area contributed by atoms with E-state index in [1.807, 2.05) is 0 Å². The lowest BCUT2D eigenvalue weighted by molar-refractivity contribution is -0.114. The van der Waals surface area contributed by atoms with Crippen LogP contribution in [0.1, 0.15) is 11.8 Å². The zero-order valence-electron chi connectivity index (χ0n) is 11.3. The van der Waals surface area contributed by atoms with Gasteiger partial charge in [-0.25, -0.2) is 8.42 Å². The number of hydrogen-bond acceptors (Lipinski definition) is 5. The maximum atomic E-state index is 12.2. The third-order valence-electron chi connectivity index (χ3n) is 2.56. The van der Waals surface area contributed by atoms with Crippen LogP contribution in [0.3, 0.4) is 0 Å². The molecule has 1 heterocycles. The number of nitrogens with two attached hydrogens (primary N) is 1. The van der Waals surface area contributed by atoms with Gasteiger partial charge in [-0.15, -0.1) is 11.3 Å². The van der Waals surface area contributed by atoms with Crippen LogP contribution >= 0.6 is 11.3 Å². The Morgan fingerprint density at radius 3 is 2.29 bits per heavy atom. The van der Waals surface area contributed by atoms with Crippen LogP contribution in [-0.2, 0) is 21.4 Å². The maximum absolute atomic E-state index is 12.2. The largest absolute Gasteiger partial charge is 0.326 e. The molecule has 1 amide bonds. The van der Waals surface area contributed by atoms with E-state index in [9.17, 15) is 13.2 Å². The third kappa shape index (κ3) is 4.03. The van der Waals surface area contributed by atoms with E-state index in [0.717, 1.165) is 16.2 Å². The van der Waals surface area contributed by atoms with Crippen molar-refractivity contribution in [3.63, 3.8) is 0 Å². The predicted molar refractivity (Wildman–Crippen MR) is 83.8 cm³/mol. The monoisotopic (exact) mass is 325 g/mol. The third-order valence-corrected chi connectivity index (χ3v) is 5.54. The Labute approximate surface area is 127 Å². The van der Waals surface area contributed by atoms with E-state index >= 15 is 0 Å². The number of benzene rings is 1. The minimum atomic E-state index is -3.61. The first kappa shape index (κ1) is 15.5. The fourth-order valence-electron chi connectivity index (χ4n) is 1.64. The summed E-state index contributed by atoms with van der Waals surface area (Å²) in [6, 6.07) is 9.64. The van der Waals surface area contributed by atoms with Crippen molar-refractivity contribution in [1.29, 1.82) is 0 Å². The predicted octanol–water partition coefficient (Wildman–Crippen LogP) is 1.97. The summed E-state index contributed by atoms with van der Waals surface area (Å²) in [6.07, 6.45) is 0. The van der Waals surface area contributed by atoms with Crippen LogP contribution in [-0.4, -0.2) is 14.3 Å². The summed E-state index contributed by atoms with van der Waals surface area (Å²) in [4.78, 5) is 11.7. The number of sulfonamides is 1. The van der Waals surface area contributed by atoms with Crippen molar-refractivity contribution in [3.8, 4) is 0 Å². The molecule has 0 spiro atoms. The Hall–Kier alpha value is -1.90. The Balaban J connectivity index is 2.14. The summed E-state index contributed by atoms with van der Waals surface area (Å²) in [7, 11) is -3.61. The summed E-state index contributed by atoms with van der Waals surface area (Å²) in [6.45, 7) is 1.72. The van der Waals surface area contributed by atoms with Gasteiger partial charge in [0.05, 0.1) is 0 Å². The van der Waals surface area contributed by atoms with Crippen LogP contribution in [0, 0.1) is 0 Å². The molecule has 0 radical (unpaired) electrons. The van der Waals surface area contributed by atoms with Crippen molar-refractivity contribution >= 4 is 38.6 Å². The molecule has 4 N–H and O–H groups in total. The fraction of sp³-hybridized carbons (Fsp3) is 0.154. The van der Waals surface area contributed by atoms with Crippen LogP contribution in [0.4, 0.5) is 11.4 Å². The SMILES string of the molecule is CC(=O)Nc1ccc(NS(=O)(=O)c2ccc(CN)s2)cc1. The van der Waals surface area contributed by atoms with Crippen molar-refractivity contribution in [2.75, 3.05) is 10.0 Å². The molecular weight excluding hydrogens is 310 g/mol. The lowest BCUT2D eigenvalue weighted by atomic mass is 10.3. The van der Waals surface area contributed by atoms with E-state index in [1.165, 1.54) is 13.0 Å². The molecule has 8 heteroatoms. The molecule has 2 aromatic rings.